The molecular weight excluding hydrogens is 314 g/mol. The van der Waals surface area contributed by atoms with Crippen molar-refractivity contribution in [3.8, 4) is 5.75 Å². The van der Waals surface area contributed by atoms with Gasteiger partial charge in [0.05, 0.1) is 6.42 Å². The second-order valence-electron chi connectivity index (χ2n) is 5.82. The van der Waals surface area contributed by atoms with Gasteiger partial charge in [-0.3, -0.25) is 9.59 Å². The van der Waals surface area contributed by atoms with Crippen LogP contribution in [0, 0.1) is 0 Å². The number of phenolic OH excluding ortho intramolecular Hbond substituents is 1. The molecule has 0 aromatic heterocycles. The van der Waals surface area contributed by atoms with Gasteiger partial charge in [0.1, 0.15) is 5.75 Å². The first-order valence-electron chi connectivity index (χ1n) is 7.93. The fourth-order valence-corrected chi connectivity index (χ4v) is 2.28. The van der Waals surface area contributed by atoms with Crippen LogP contribution in [0.25, 0.3) is 12.2 Å². The Balaban J connectivity index is 1.95. The molecule has 0 aliphatic rings. The summed E-state index contributed by atoms with van der Waals surface area (Å²) in [5.74, 6) is -0.334. The van der Waals surface area contributed by atoms with Gasteiger partial charge in [-0.15, -0.1) is 0 Å². The highest BCUT2D eigenvalue weighted by Gasteiger charge is 2.05. The van der Waals surface area contributed by atoms with Crippen molar-refractivity contribution in [1.29, 1.82) is 0 Å². The van der Waals surface area contributed by atoms with E-state index in [9.17, 15) is 14.7 Å². The summed E-state index contributed by atoms with van der Waals surface area (Å²) in [6.07, 6.45) is 6.00. The molecule has 4 nitrogen and oxygen atoms in total. The van der Waals surface area contributed by atoms with Crippen LogP contribution in [0.15, 0.2) is 60.7 Å². The molecule has 0 saturated heterocycles. The second-order valence-corrected chi connectivity index (χ2v) is 5.82. The SMILES string of the molecule is CN(C)c1ccccc1/C=C/C(=O)CC(=O)/C=C/c1ccc(O)cc1. The Morgan fingerprint density at radius 1 is 0.920 bits per heavy atom. The molecule has 1 N–H and O–H groups in total. The Hall–Kier alpha value is -3.14. The zero-order valence-electron chi connectivity index (χ0n) is 14.3. The van der Waals surface area contributed by atoms with Crippen LogP contribution >= 0.6 is 0 Å². The van der Waals surface area contributed by atoms with E-state index in [0.717, 1.165) is 16.8 Å². The quantitative estimate of drug-likeness (QED) is 0.619. The van der Waals surface area contributed by atoms with Gasteiger partial charge >= 0.3 is 0 Å². The molecule has 0 amide bonds. The van der Waals surface area contributed by atoms with Crippen LogP contribution in [0.1, 0.15) is 17.5 Å². The van der Waals surface area contributed by atoms with E-state index >= 15 is 0 Å². The lowest BCUT2D eigenvalue weighted by Gasteiger charge is -2.15. The molecule has 0 fully saturated rings. The molecule has 0 aliphatic carbocycles. The molecule has 0 atom stereocenters. The van der Waals surface area contributed by atoms with E-state index in [2.05, 4.69) is 0 Å². The Bertz CT molecular complexity index is 802. The van der Waals surface area contributed by atoms with Gasteiger partial charge in [-0.2, -0.15) is 0 Å². The molecule has 2 aromatic carbocycles. The van der Waals surface area contributed by atoms with Crippen molar-refractivity contribution in [2.75, 3.05) is 19.0 Å². The molecular formula is C21H21NO3. The fourth-order valence-electron chi connectivity index (χ4n) is 2.28. The number of para-hydroxylation sites is 1. The first-order chi connectivity index (χ1) is 12.0. The normalized spacial score (nSPS) is 11.1. The number of carbonyl (C=O) groups is 2. The summed E-state index contributed by atoms with van der Waals surface area (Å²) >= 11 is 0. The lowest BCUT2D eigenvalue weighted by Crippen LogP contribution is -2.10. The Morgan fingerprint density at radius 3 is 2.16 bits per heavy atom. The maximum Gasteiger partial charge on any atom is 0.163 e. The maximum atomic E-state index is 12.0. The Morgan fingerprint density at radius 2 is 1.52 bits per heavy atom. The standard InChI is InChI=1S/C21H21NO3/c1-22(2)21-6-4-3-5-17(21)10-14-20(25)15-19(24)13-9-16-7-11-18(23)12-8-16/h3-14,23H,15H2,1-2H3/b13-9+,14-10+. The highest BCUT2D eigenvalue weighted by Crippen LogP contribution is 2.19. The molecule has 0 aliphatic heterocycles. The lowest BCUT2D eigenvalue weighted by atomic mass is 10.1. The summed E-state index contributed by atoms with van der Waals surface area (Å²) in [4.78, 5) is 25.8. The van der Waals surface area contributed by atoms with Crippen molar-refractivity contribution in [1.82, 2.24) is 0 Å². The smallest absolute Gasteiger partial charge is 0.163 e. The third kappa shape index (κ3) is 5.77. The minimum absolute atomic E-state index is 0.168. The number of allylic oxidation sites excluding steroid dienone is 2. The fraction of sp³-hybridized carbons (Fsp3) is 0.143. The number of nitrogens with zero attached hydrogens (tertiary/aromatic N) is 1. The van der Waals surface area contributed by atoms with Crippen LogP contribution in [0.2, 0.25) is 0 Å². The number of anilines is 1. The number of phenols is 1. The van der Waals surface area contributed by atoms with E-state index < -0.39 is 0 Å². The Labute approximate surface area is 147 Å². The summed E-state index contributed by atoms with van der Waals surface area (Å²) in [7, 11) is 3.87. The average Bonchev–Trinajstić information content (AvgIpc) is 2.59. The summed E-state index contributed by atoms with van der Waals surface area (Å²) < 4.78 is 0. The molecule has 0 unspecified atom stereocenters. The number of rotatable bonds is 7. The number of benzene rings is 2. The Kier molecular flexibility index (Phi) is 6.29. The number of carbonyl (C=O) groups excluding carboxylic acids is 2. The van der Waals surface area contributed by atoms with Crippen molar-refractivity contribution in [3.63, 3.8) is 0 Å². The zero-order valence-corrected chi connectivity index (χ0v) is 14.3. The summed E-state index contributed by atoms with van der Waals surface area (Å²) in [5.41, 5.74) is 2.71. The highest BCUT2D eigenvalue weighted by molar-refractivity contribution is 6.11. The van der Waals surface area contributed by atoms with Crippen molar-refractivity contribution >= 4 is 29.4 Å². The minimum atomic E-state index is -0.261. The minimum Gasteiger partial charge on any atom is -0.508 e. The van der Waals surface area contributed by atoms with E-state index in [1.807, 2.05) is 43.3 Å². The van der Waals surface area contributed by atoms with E-state index in [-0.39, 0.29) is 23.7 Å². The summed E-state index contributed by atoms with van der Waals surface area (Å²) in [6, 6.07) is 14.2. The molecule has 0 spiro atoms. The van der Waals surface area contributed by atoms with Gasteiger partial charge in [0, 0.05) is 19.8 Å². The highest BCUT2D eigenvalue weighted by atomic mass is 16.3. The largest absolute Gasteiger partial charge is 0.508 e. The van der Waals surface area contributed by atoms with Crippen LogP contribution in [0.5, 0.6) is 5.75 Å². The molecule has 0 heterocycles. The third-order valence-corrected chi connectivity index (χ3v) is 3.57. The molecule has 0 radical (unpaired) electrons. The van der Waals surface area contributed by atoms with Gasteiger partial charge in [-0.05, 0) is 47.6 Å². The molecule has 2 aromatic rings. The van der Waals surface area contributed by atoms with Crippen LogP contribution < -0.4 is 4.90 Å². The van der Waals surface area contributed by atoms with Gasteiger partial charge in [0.25, 0.3) is 0 Å². The summed E-state index contributed by atoms with van der Waals surface area (Å²) in [6.45, 7) is 0. The van der Waals surface area contributed by atoms with Gasteiger partial charge in [0.15, 0.2) is 11.6 Å². The van der Waals surface area contributed by atoms with Gasteiger partial charge in [-0.25, -0.2) is 0 Å². The van der Waals surface area contributed by atoms with Crippen LogP contribution in [-0.4, -0.2) is 30.8 Å². The maximum absolute atomic E-state index is 12.0. The van der Waals surface area contributed by atoms with Crippen molar-refractivity contribution in [2.45, 2.75) is 6.42 Å². The van der Waals surface area contributed by atoms with Crippen molar-refractivity contribution in [2.24, 2.45) is 0 Å². The monoisotopic (exact) mass is 335 g/mol. The number of hydrogen-bond acceptors (Lipinski definition) is 4. The average molecular weight is 335 g/mol. The predicted octanol–water partition coefficient (Wildman–Crippen LogP) is 3.71. The van der Waals surface area contributed by atoms with E-state index in [1.54, 1.807) is 36.4 Å². The molecule has 0 bridgehead atoms. The summed E-state index contributed by atoms with van der Waals surface area (Å²) in [5, 5.41) is 9.21. The molecule has 4 heteroatoms. The first kappa shape index (κ1) is 18.2. The van der Waals surface area contributed by atoms with Gasteiger partial charge in [0.2, 0.25) is 0 Å². The van der Waals surface area contributed by atoms with Crippen molar-refractivity contribution in [3.05, 3.63) is 71.8 Å². The van der Waals surface area contributed by atoms with Gasteiger partial charge in [-0.1, -0.05) is 36.4 Å². The zero-order chi connectivity index (χ0) is 18.2. The van der Waals surface area contributed by atoms with E-state index in [0.29, 0.717) is 0 Å². The first-order valence-corrected chi connectivity index (χ1v) is 7.93. The lowest BCUT2D eigenvalue weighted by molar-refractivity contribution is -0.121. The van der Waals surface area contributed by atoms with Crippen molar-refractivity contribution < 1.29 is 14.7 Å². The topological polar surface area (TPSA) is 57.6 Å². The van der Waals surface area contributed by atoms with Crippen LogP contribution in [0.4, 0.5) is 5.69 Å². The molecule has 0 saturated carbocycles. The van der Waals surface area contributed by atoms with E-state index in [4.69, 9.17) is 0 Å². The second kappa shape index (κ2) is 8.64. The number of hydrogen-bond donors (Lipinski definition) is 1. The van der Waals surface area contributed by atoms with Crippen LogP contribution in [-0.2, 0) is 9.59 Å². The predicted molar refractivity (Wildman–Crippen MR) is 102 cm³/mol. The van der Waals surface area contributed by atoms with E-state index in [1.165, 1.54) is 12.2 Å². The number of ketones is 2. The number of aromatic hydroxyl groups is 1. The molecule has 128 valence electrons. The molecule has 2 rings (SSSR count). The third-order valence-electron chi connectivity index (χ3n) is 3.57. The van der Waals surface area contributed by atoms with Crippen LogP contribution in [0.3, 0.4) is 0 Å². The molecule has 25 heavy (non-hydrogen) atoms. The van der Waals surface area contributed by atoms with Gasteiger partial charge < -0.3 is 10.0 Å².